The molecule has 0 saturated heterocycles. The largest absolute Gasteiger partial charge is 0.506 e. The fourth-order valence-electron chi connectivity index (χ4n) is 3.12. The number of aromatic hydroxyl groups is 1. The van der Waals surface area contributed by atoms with E-state index in [1.807, 2.05) is 26.0 Å². The third-order valence-electron chi connectivity index (χ3n) is 4.40. The lowest BCUT2D eigenvalue weighted by Gasteiger charge is -2.16. The molecule has 0 atom stereocenters. The number of rotatable bonds is 7. The summed E-state index contributed by atoms with van der Waals surface area (Å²) in [5.74, 6) is -1.98. The maximum Gasteiger partial charge on any atom is 0.322 e. The van der Waals surface area contributed by atoms with E-state index in [4.69, 9.17) is 14.6 Å². The number of hydrogen-bond donors (Lipinski definition) is 3. The first kappa shape index (κ1) is 20.4. The molecule has 2 heterocycles. The van der Waals surface area contributed by atoms with E-state index in [1.165, 1.54) is 4.57 Å². The summed E-state index contributed by atoms with van der Waals surface area (Å²) in [7, 11) is 0. The topological polar surface area (TPSA) is 127 Å². The van der Waals surface area contributed by atoms with Crippen molar-refractivity contribution in [1.82, 2.24) is 9.88 Å². The number of fused-ring (bicyclic) bond motifs is 1. The molecule has 0 fully saturated rings. The normalized spacial score (nSPS) is 12.7. The summed E-state index contributed by atoms with van der Waals surface area (Å²) in [5, 5.41) is 21.3. The SMILES string of the molecule is CC(C)Oc1ccc(Cn2c3c(c(O)c(C(=O)NCC(=O)O)c2=O)COC3)cc1. The van der Waals surface area contributed by atoms with Gasteiger partial charge in [-0.05, 0) is 31.5 Å². The number of ether oxygens (including phenoxy) is 2. The summed E-state index contributed by atoms with van der Waals surface area (Å²) in [6.07, 6.45) is 0.0351. The van der Waals surface area contributed by atoms with Crippen LogP contribution in [0, 0.1) is 0 Å². The predicted molar refractivity (Wildman–Crippen MR) is 102 cm³/mol. The molecule has 9 nitrogen and oxygen atoms in total. The average Bonchev–Trinajstić information content (AvgIpc) is 3.14. The second-order valence-electron chi connectivity index (χ2n) is 6.92. The van der Waals surface area contributed by atoms with E-state index < -0.39 is 35.3 Å². The van der Waals surface area contributed by atoms with Crippen molar-refractivity contribution >= 4 is 11.9 Å². The minimum atomic E-state index is -1.26. The molecule has 0 bridgehead atoms. The van der Waals surface area contributed by atoms with E-state index in [9.17, 15) is 19.5 Å². The number of carbonyl (C=O) groups is 2. The highest BCUT2D eigenvalue weighted by Gasteiger charge is 2.29. The molecule has 3 rings (SSSR count). The van der Waals surface area contributed by atoms with Crippen LogP contribution in [0.25, 0.3) is 0 Å². The Hall–Kier alpha value is -3.33. The lowest BCUT2D eigenvalue weighted by atomic mass is 10.1. The van der Waals surface area contributed by atoms with Crippen molar-refractivity contribution in [2.75, 3.05) is 6.54 Å². The molecule has 0 spiro atoms. The van der Waals surface area contributed by atoms with Gasteiger partial charge in [0.15, 0.2) is 0 Å². The Kier molecular flexibility index (Phi) is 5.88. The van der Waals surface area contributed by atoms with Crippen LogP contribution in [0.4, 0.5) is 0 Å². The fourth-order valence-corrected chi connectivity index (χ4v) is 3.12. The molecule has 29 heavy (non-hydrogen) atoms. The van der Waals surface area contributed by atoms with Gasteiger partial charge in [-0.3, -0.25) is 14.4 Å². The molecule has 1 aliphatic rings. The van der Waals surface area contributed by atoms with Gasteiger partial charge in [-0.1, -0.05) is 12.1 Å². The summed E-state index contributed by atoms with van der Waals surface area (Å²) in [6, 6.07) is 7.20. The molecule has 0 radical (unpaired) electrons. The Morgan fingerprint density at radius 2 is 1.93 bits per heavy atom. The molecule has 0 saturated carbocycles. The van der Waals surface area contributed by atoms with Crippen LogP contribution < -0.4 is 15.6 Å². The van der Waals surface area contributed by atoms with Crippen molar-refractivity contribution in [2.45, 2.75) is 39.7 Å². The van der Waals surface area contributed by atoms with Gasteiger partial charge in [0.05, 0.1) is 31.6 Å². The molecule has 9 heteroatoms. The third-order valence-corrected chi connectivity index (χ3v) is 4.40. The Bertz CT molecular complexity index is 993. The van der Waals surface area contributed by atoms with Crippen LogP contribution in [0.15, 0.2) is 29.1 Å². The summed E-state index contributed by atoms with van der Waals surface area (Å²) in [5.41, 5.74) is 0.432. The van der Waals surface area contributed by atoms with Gasteiger partial charge < -0.3 is 29.6 Å². The van der Waals surface area contributed by atoms with Gasteiger partial charge in [0.2, 0.25) is 0 Å². The third kappa shape index (κ3) is 4.40. The van der Waals surface area contributed by atoms with Gasteiger partial charge in [-0.15, -0.1) is 0 Å². The molecule has 154 valence electrons. The maximum absolute atomic E-state index is 13.0. The predicted octanol–water partition coefficient (Wildman–Crippen LogP) is 1.23. The number of aromatic nitrogens is 1. The zero-order valence-corrected chi connectivity index (χ0v) is 16.1. The van der Waals surface area contributed by atoms with E-state index in [0.717, 1.165) is 5.56 Å². The van der Waals surface area contributed by atoms with Gasteiger partial charge in [-0.25, -0.2) is 0 Å². The Morgan fingerprint density at radius 3 is 2.55 bits per heavy atom. The first-order valence-corrected chi connectivity index (χ1v) is 9.08. The van der Waals surface area contributed by atoms with E-state index in [2.05, 4.69) is 5.32 Å². The number of nitrogens with one attached hydrogen (secondary N) is 1. The average molecular weight is 402 g/mol. The monoisotopic (exact) mass is 402 g/mol. The van der Waals surface area contributed by atoms with Gasteiger partial charge in [-0.2, -0.15) is 0 Å². The standard InChI is InChI=1S/C20H22N2O7/c1-11(2)29-13-5-3-12(4-6-13)8-22-15-10-28-9-14(15)18(25)17(20(22)27)19(26)21-7-16(23)24/h3-6,11,25H,7-10H2,1-2H3,(H,21,26)(H,23,24). The van der Waals surface area contributed by atoms with Crippen LogP contribution in [0.1, 0.15) is 41.0 Å². The molecule has 1 amide bonds. The number of benzene rings is 1. The molecule has 0 aliphatic carbocycles. The second kappa shape index (κ2) is 8.36. The Morgan fingerprint density at radius 1 is 1.24 bits per heavy atom. The van der Waals surface area contributed by atoms with Crippen molar-refractivity contribution in [3.63, 3.8) is 0 Å². The summed E-state index contributed by atoms with van der Waals surface area (Å²) >= 11 is 0. The number of pyridine rings is 1. The number of carboxylic acids is 1. The number of carbonyl (C=O) groups excluding carboxylic acids is 1. The summed E-state index contributed by atoms with van der Waals surface area (Å²) in [6.45, 7) is 3.52. The fraction of sp³-hybridized carbons (Fsp3) is 0.350. The quantitative estimate of drug-likeness (QED) is 0.636. The van der Waals surface area contributed by atoms with Crippen molar-refractivity contribution in [1.29, 1.82) is 0 Å². The lowest BCUT2D eigenvalue weighted by molar-refractivity contribution is -0.135. The molecule has 1 aromatic carbocycles. The molecular formula is C20H22N2O7. The van der Waals surface area contributed by atoms with Gasteiger partial charge in [0.1, 0.15) is 23.6 Å². The van der Waals surface area contributed by atoms with Crippen molar-refractivity contribution in [3.8, 4) is 11.5 Å². The first-order valence-electron chi connectivity index (χ1n) is 9.08. The summed E-state index contributed by atoms with van der Waals surface area (Å²) in [4.78, 5) is 36.0. The van der Waals surface area contributed by atoms with E-state index in [-0.39, 0.29) is 25.9 Å². The van der Waals surface area contributed by atoms with Crippen molar-refractivity contribution in [2.24, 2.45) is 0 Å². The number of amides is 1. The van der Waals surface area contributed by atoms with Crippen LogP contribution in [0.2, 0.25) is 0 Å². The number of hydrogen-bond acceptors (Lipinski definition) is 6. The van der Waals surface area contributed by atoms with E-state index >= 15 is 0 Å². The van der Waals surface area contributed by atoms with Crippen LogP contribution in [-0.4, -0.2) is 39.3 Å². The minimum absolute atomic E-state index is 0.0351. The number of nitrogens with zero attached hydrogens (tertiary/aromatic N) is 1. The van der Waals surface area contributed by atoms with Crippen LogP contribution in [-0.2, 0) is 29.3 Å². The van der Waals surface area contributed by atoms with Gasteiger partial charge in [0.25, 0.3) is 11.5 Å². The minimum Gasteiger partial charge on any atom is -0.506 e. The molecule has 1 aromatic heterocycles. The molecular weight excluding hydrogens is 380 g/mol. The van der Waals surface area contributed by atoms with Crippen LogP contribution in [0.3, 0.4) is 0 Å². The van der Waals surface area contributed by atoms with Crippen molar-refractivity contribution in [3.05, 3.63) is 57.0 Å². The highest BCUT2D eigenvalue weighted by atomic mass is 16.5. The molecule has 0 unspecified atom stereocenters. The van der Waals surface area contributed by atoms with Crippen LogP contribution >= 0.6 is 0 Å². The highest BCUT2D eigenvalue weighted by molar-refractivity contribution is 5.98. The van der Waals surface area contributed by atoms with Gasteiger partial charge >= 0.3 is 5.97 Å². The smallest absolute Gasteiger partial charge is 0.322 e. The zero-order chi connectivity index (χ0) is 21.1. The molecule has 2 aromatic rings. The van der Waals surface area contributed by atoms with Crippen molar-refractivity contribution < 1.29 is 29.3 Å². The van der Waals surface area contributed by atoms with E-state index in [0.29, 0.717) is 17.0 Å². The molecule has 3 N–H and O–H groups in total. The molecule has 1 aliphatic heterocycles. The highest BCUT2D eigenvalue weighted by Crippen LogP contribution is 2.30. The Labute approximate surface area is 166 Å². The second-order valence-corrected chi connectivity index (χ2v) is 6.92. The Balaban J connectivity index is 1.97. The number of carboxylic acid groups (broad SMARTS) is 1. The summed E-state index contributed by atoms with van der Waals surface area (Å²) < 4.78 is 12.3. The first-order chi connectivity index (χ1) is 13.8. The van der Waals surface area contributed by atoms with Gasteiger partial charge in [0, 0.05) is 5.56 Å². The number of aliphatic carboxylic acids is 1. The van der Waals surface area contributed by atoms with E-state index in [1.54, 1.807) is 12.1 Å². The lowest BCUT2D eigenvalue weighted by Crippen LogP contribution is -2.37. The maximum atomic E-state index is 13.0. The zero-order valence-electron chi connectivity index (χ0n) is 16.1. The van der Waals surface area contributed by atoms with Crippen LogP contribution in [0.5, 0.6) is 11.5 Å².